The van der Waals surface area contributed by atoms with E-state index in [2.05, 4.69) is 15.1 Å². The first-order valence-electron chi connectivity index (χ1n) is 13.0. The number of hydrogen-bond donors (Lipinski definition) is 2. The summed E-state index contributed by atoms with van der Waals surface area (Å²) in [6, 6.07) is 12.4. The first-order valence-corrected chi connectivity index (χ1v) is 14.5. The van der Waals surface area contributed by atoms with E-state index < -0.39 is 15.9 Å². The number of aromatic nitrogens is 3. The van der Waals surface area contributed by atoms with Crippen molar-refractivity contribution in [2.45, 2.75) is 64.3 Å². The van der Waals surface area contributed by atoms with Crippen molar-refractivity contribution >= 4 is 27.3 Å². The number of ether oxygens (including phenoxy) is 1. The third kappa shape index (κ3) is 5.26. The lowest BCUT2D eigenvalue weighted by Gasteiger charge is -2.16. The van der Waals surface area contributed by atoms with E-state index in [9.17, 15) is 13.2 Å². The molecular weight excluding hydrogens is 514 g/mol. The van der Waals surface area contributed by atoms with E-state index in [0.29, 0.717) is 22.5 Å². The van der Waals surface area contributed by atoms with Crippen molar-refractivity contribution in [3.05, 3.63) is 70.7 Å². The standard InChI is InChI=1S/C29H33N5O4S/c1-17-10-12-23(18(2)14-17)31-29(35)27-26(28-30-19(3)15-20(4)34(28)32-27)21-11-13-24(38-5)25(16-21)39(36,37)33-22-8-6-7-9-22/h10-16,22,33H,6-9H2,1-5H3,(H,31,35). The lowest BCUT2D eigenvalue weighted by atomic mass is 10.0. The summed E-state index contributed by atoms with van der Waals surface area (Å²) in [6.07, 6.45) is 3.60. The van der Waals surface area contributed by atoms with Gasteiger partial charge in [0.05, 0.1) is 12.7 Å². The molecule has 1 fully saturated rings. The zero-order valence-electron chi connectivity index (χ0n) is 22.8. The van der Waals surface area contributed by atoms with Crippen molar-refractivity contribution in [3.63, 3.8) is 0 Å². The number of benzene rings is 2. The first kappa shape index (κ1) is 26.8. The van der Waals surface area contributed by atoms with Gasteiger partial charge >= 0.3 is 0 Å². The van der Waals surface area contributed by atoms with Crippen LogP contribution in [0.15, 0.2) is 47.4 Å². The van der Waals surface area contributed by atoms with Gasteiger partial charge in [0.2, 0.25) is 10.0 Å². The Bertz CT molecular complexity index is 1690. The summed E-state index contributed by atoms with van der Waals surface area (Å²) in [7, 11) is -2.44. The fourth-order valence-corrected chi connectivity index (χ4v) is 6.75. The minimum Gasteiger partial charge on any atom is -0.495 e. The molecule has 0 radical (unpaired) electrons. The number of carbonyl (C=O) groups excluding carboxylic acids is 1. The number of carbonyl (C=O) groups is 1. The number of anilines is 1. The van der Waals surface area contributed by atoms with E-state index in [0.717, 1.165) is 48.2 Å². The van der Waals surface area contributed by atoms with Gasteiger partial charge in [0.15, 0.2) is 11.3 Å². The normalized spacial score (nSPS) is 14.2. The summed E-state index contributed by atoms with van der Waals surface area (Å²) in [5, 5.41) is 7.61. The summed E-state index contributed by atoms with van der Waals surface area (Å²) in [5.41, 5.74) is 5.81. The molecule has 9 nitrogen and oxygen atoms in total. The molecule has 1 aliphatic rings. The maximum absolute atomic E-state index is 13.7. The Kier molecular flexibility index (Phi) is 7.17. The summed E-state index contributed by atoms with van der Waals surface area (Å²) in [4.78, 5) is 18.4. The van der Waals surface area contributed by atoms with Gasteiger partial charge in [-0.05, 0) is 75.9 Å². The molecule has 2 aromatic carbocycles. The van der Waals surface area contributed by atoms with E-state index in [1.165, 1.54) is 7.11 Å². The van der Waals surface area contributed by atoms with Crippen LogP contribution < -0.4 is 14.8 Å². The van der Waals surface area contributed by atoms with Crippen molar-refractivity contribution < 1.29 is 17.9 Å². The molecule has 2 aromatic heterocycles. The molecule has 0 unspecified atom stereocenters. The van der Waals surface area contributed by atoms with Crippen LogP contribution in [0.5, 0.6) is 5.75 Å². The topological polar surface area (TPSA) is 115 Å². The van der Waals surface area contributed by atoms with Crippen molar-refractivity contribution in [2.75, 3.05) is 12.4 Å². The van der Waals surface area contributed by atoms with Crippen LogP contribution in [0, 0.1) is 27.7 Å². The summed E-state index contributed by atoms with van der Waals surface area (Å²) < 4.78 is 36.8. The second kappa shape index (κ2) is 10.4. The maximum Gasteiger partial charge on any atom is 0.276 e. The van der Waals surface area contributed by atoms with Crippen molar-refractivity contribution in [1.29, 1.82) is 0 Å². The minimum atomic E-state index is -3.88. The van der Waals surface area contributed by atoms with Gasteiger partial charge in [-0.3, -0.25) is 4.79 Å². The molecule has 5 rings (SSSR count). The van der Waals surface area contributed by atoms with Crippen LogP contribution in [0.25, 0.3) is 16.8 Å². The number of hydrogen-bond acceptors (Lipinski definition) is 6. The molecule has 39 heavy (non-hydrogen) atoms. The second-order valence-corrected chi connectivity index (χ2v) is 11.9. The van der Waals surface area contributed by atoms with Gasteiger partial charge in [0, 0.05) is 23.1 Å². The van der Waals surface area contributed by atoms with Crippen molar-refractivity contribution in [3.8, 4) is 16.9 Å². The van der Waals surface area contributed by atoms with E-state index in [-0.39, 0.29) is 22.4 Å². The van der Waals surface area contributed by atoms with E-state index in [1.807, 2.05) is 52.0 Å². The number of sulfonamides is 1. The van der Waals surface area contributed by atoms with E-state index in [1.54, 1.807) is 22.7 Å². The molecule has 0 atom stereocenters. The highest BCUT2D eigenvalue weighted by molar-refractivity contribution is 7.89. The number of amides is 1. The third-order valence-electron chi connectivity index (χ3n) is 7.16. The predicted molar refractivity (Wildman–Crippen MR) is 151 cm³/mol. The van der Waals surface area contributed by atoms with Gasteiger partial charge in [-0.15, -0.1) is 0 Å². The third-order valence-corrected chi connectivity index (χ3v) is 8.70. The lowest BCUT2D eigenvalue weighted by molar-refractivity contribution is 0.102. The van der Waals surface area contributed by atoms with Gasteiger partial charge < -0.3 is 10.1 Å². The molecule has 204 valence electrons. The van der Waals surface area contributed by atoms with Crippen LogP contribution in [-0.4, -0.2) is 42.1 Å². The number of rotatable bonds is 7. The maximum atomic E-state index is 13.7. The fourth-order valence-electron chi connectivity index (χ4n) is 5.25. The van der Waals surface area contributed by atoms with Gasteiger partial charge in [-0.1, -0.05) is 36.6 Å². The fraction of sp³-hybridized carbons (Fsp3) is 0.345. The Labute approximate surface area is 228 Å². The largest absolute Gasteiger partial charge is 0.495 e. The van der Waals surface area contributed by atoms with Crippen LogP contribution in [0.4, 0.5) is 5.69 Å². The highest BCUT2D eigenvalue weighted by atomic mass is 32.2. The first-order chi connectivity index (χ1) is 18.6. The molecule has 0 saturated heterocycles. The van der Waals surface area contributed by atoms with Crippen molar-refractivity contribution in [1.82, 2.24) is 19.3 Å². The number of nitrogens with one attached hydrogen (secondary N) is 2. The zero-order valence-corrected chi connectivity index (χ0v) is 23.6. The summed E-state index contributed by atoms with van der Waals surface area (Å²) in [5.74, 6) is -0.189. The number of aryl methyl sites for hydroxylation is 4. The Balaban J connectivity index is 1.66. The average Bonchev–Trinajstić information content (AvgIpc) is 3.53. The zero-order chi connectivity index (χ0) is 27.9. The summed E-state index contributed by atoms with van der Waals surface area (Å²) >= 11 is 0. The smallest absolute Gasteiger partial charge is 0.276 e. The van der Waals surface area contributed by atoms with Gasteiger partial charge in [-0.25, -0.2) is 22.6 Å². The number of fused-ring (bicyclic) bond motifs is 1. The molecule has 2 N–H and O–H groups in total. The predicted octanol–water partition coefficient (Wildman–Crippen LogP) is 5.11. The second-order valence-electron chi connectivity index (χ2n) is 10.2. The monoisotopic (exact) mass is 547 g/mol. The molecule has 0 bridgehead atoms. The molecule has 4 aromatic rings. The Morgan fingerprint density at radius 1 is 1.03 bits per heavy atom. The van der Waals surface area contributed by atoms with Crippen LogP contribution in [0.2, 0.25) is 0 Å². The Morgan fingerprint density at radius 2 is 1.77 bits per heavy atom. The molecule has 1 saturated carbocycles. The SMILES string of the molecule is COc1ccc(-c2c(C(=O)Nc3ccc(C)cc3C)nn3c(C)cc(C)nc23)cc1S(=O)(=O)NC1CCCC1. The molecular formula is C29H33N5O4S. The molecule has 2 heterocycles. The van der Waals surface area contributed by atoms with Gasteiger partial charge in [0.25, 0.3) is 5.91 Å². The quantitative estimate of drug-likeness (QED) is 0.332. The molecule has 1 amide bonds. The highest BCUT2D eigenvalue weighted by Crippen LogP contribution is 2.35. The van der Waals surface area contributed by atoms with Gasteiger partial charge in [0.1, 0.15) is 10.6 Å². The Morgan fingerprint density at radius 3 is 2.46 bits per heavy atom. The van der Waals surface area contributed by atoms with Crippen LogP contribution in [0.3, 0.4) is 0 Å². The average molecular weight is 548 g/mol. The number of nitrogens with zero attached hydrogens (tertiary/aromatic N) is 3. The van der Waals surface area contributed by atoms with E-state index >= 15 is 0 Å². The van der Waals surface area contributed by atoms with Crippen molar-refractivity contribution in [2.24, 2.45) is 0 Å². The Hall–Kier alpha value is -3.76. The molecule has 10 heteroatoms. The highest BCUT2D eigenvalue weighted by Gasteiger charge is 2.29. The minimum absolute atomic E-state index is 0.0128. The summed E-state index contributed by atoms with van der Waals surface area (Å²) in [6.45, 7) is 7.68. The van der Waals surface area contributed by atoms with Crippen LogP contribution in [0.1, 0.15) is 58.7 Å². The van der Waals surface area contributed by atoms with Crippen LogP contribution in [-0.2, 0) is 10.0 Å². The molecule has 1 aliphatic carbocycles. The number of methoxy groups -OCH3 is 1. The molecule has 0 aliphatic heterocycles. The van der Waals surface area contributed by atoms with E-state index in [4.69, 9.17) is 9.72 Å². The molecule has 0 spiro atoms. The lowest BCUT2D eigenvalue weighted by Crippen LogP contribution is -2.32. The van der Waals surface area contributed by atoms with Crippen LogP contribution >= 0.6 is 0 Å². The van der Waals surface area contributed by atoms with Gasteiger partial charge in [-0.2, -0.15) is 5.10 Å².